The number of carbonyl (C=O) groups excluding carboxylic acids is 2. The molecule has 322 valence electrons. The molecule has 0 aromatic carbocycles. The SMILES string of the molecule is C[C@@H]1CC[C@@H](/C(CNC(=O)c2ccc(C(=O)NC/C(=C(/O)C(F)(F)F)[C@@H]3CC[C@@H](C)[C@@H]4CCC(C)(O)OC[C@]34O)s2)=C(\O)C(F)(F)F)[C@@]2(O)COC(C)(O)CC[C@@H]12. The minimum absolute atomic E-state index is 0.000440. The summed E-state index contributed by atoms with van der Waals surface area (Å²) in [6.07, 6.45) is -9.09. The van der Waals surface area contributed by atoms with Gasteiger partial charge in [0.1, 0.15) is 0 Å². The monoisotopic (exact) mass is 842 g/mol. The number of carbonyl (C=O) groups is 2. The van der Waals surface area contributed by atoms with E-state index in [1.807, 2.05) is 13.8 Å². The Kier molecular flexibility index (Phi) is 12.9. The fourth-order valence-corrected chi connectivity index (χ4v) is 10.3. The van der Waals surface area contributed by atoms with E-state index in [0.717, 1.165) is 0 Å². The molecule has 19 heteroatoms. The molecular weight excluding hydrogens is 790 g/mol. The van der Waals surface area contributed by atoms with Crippen molar-refractivity contribution in [2.45, 2.75) is 114 Å². The first-order valence-corrected chi connectivity index (χ1v) is 19.8. The molecule has 12 nitrogen and oxygen atoms in total. The highest BCUT2D eigenvalue weighted by Gasteiger charge is 2.57. The maximum atomic E-state index is 14.0. The van der Waals surface area contributed by atoms with Gasteiger partial charge in [-0.2, -0.15) is 26.3 Å². The Balaban J connectivity index is 1.33. The number of aliphatic hydroxyl groups is 6. The maximum absolute atomic E-state index is 14.0. The van der Waals surface area contributed by atoms with E-state index in [9.17, 15) is 66.6 Å². The van der Waals surface area contributed by atoms with Crippen LogP contribution in [0.15, 0.2) is 34.8 Å². The summed E-state index contributed by atoms with van der Waals surface area (Å²) in [5, 5.41) is 70.4. The van der Waals surface area contributed by atoms with Gasteiger partial charge in [0.05, 0.1) is 34.2 Å². The molecule has 57 heavy (non-hydrogen) atoms. The quantitative estimate of drug-likeness (QED) is 0.117. The Hall–Kier alpha value is -2.94. The first-order valence-electron chi connectivity index (χ1n) is 19.0. The van der Waals surface area contributed by atoms with E-state index in [0.29, 0.717) is 24.2 Å². The Bertz CT molecular complexity index is 1610. The first kappa shape index (κ1) is 45.1. The number of halogens is 6. The van der Waals surface area contributed by atoms with E-state index in [1.54, 1.807) is 0 Å². The van der Waals surface area contributed by atoms with Crippen LogP contribution in [0.4, 0.5) is 26.3 Å². The third kappa shape index (κ3) is 9.60. The highest BCUT2D eigenvalue weighted by molar-refractivity contribution is 7.15. The Morgan fingerprint density at radius 1 is 0.684 bits per heavy atom. The fraction of sp³-hybridized carbons (Fsp3) is 0.737. The molecule has 4 fully saturated rings. The fourth-order valence-electron chi connectivity index (χ4n) is 9.45. The van der Waals surface area contributed by atoms with Gasteiger partial charge >= 0.3 is 12.4 Å². The van der Waals surface area contributed by atoms with Crippen LogP contribution in [0.1, 0.15) is 98.4 Å². The molecule has 4 aliphatic rings. The third-order valence-electron chi connectivity index (χ3n) is 12.7. The van der Waals surface area contributed by atoms with Gasteiger partial charge in [0, 0.05) is 48.9 Å². The van der Waals surface area contributed by atoms with Crippen molar-refractivity contribution < 1.29 is 76.0 Å². The number of rotatable bonds is 8. The van der Waals surface area contributed by atoms with Crippen molar-refractivity contribution in [1.82, 2.24) is 10.6 Å². The number of hydrogen-bond acceptors (Lipinski definition) is 11. The lowest BCUT2D eigenvalue weighted by atomic mass is 9.60. The molecule has 3 heterocycles. The molecule has 2 amide bonds. The molecule has 0 spiro atoms. The number of ether oxygens (including phenoxy) is 2. The molecule has 5 rings (SSSR count). The van der Waals surface area contributed by atoms with E-state index >= 15 is 0 Å². The maximum Gasteiger partial charge on any atom is 0.448 e. The predicted molar refractivity (Wildman–Crippen MR) is 193 cm³/mol. The smallest absolute Gasteiger partial charge is 0.448 e. The Morgan fingerprint density at radius 3 is 1.37 bits per heavy atom. The van der Waals surface area contributed by atoms with Crippen LogP contribution in [0.25, 0.3) is 0 Å². The van der Waals surface area contributed by atoms with Crippen LogP contribution >= 0.6 is 11.3 Å². The largest absolute Gasteiger partial charge is 0.504 e. The van der Waals surface area contributed by atoms with Crippen molar-refractivity contribution in [2.75, 3.05) is 26.3 Å². The molecule has 1 aromatic heterocycles. The molecule has 8 N–H and O–H groups in total. The standard InChI is InChI=1S/C38H52F6N2O10S/c1-19-5-7-25(35(53)17-55-33(3,51)13-11-23(19)35)21(29(47)37(39,40)41)15-45-31(49)27-9-10-28(57-27)32(50)46-16-22(30(48)38(42,43)44)26-8-6-20(2)24-12-14-34(4,52)56-18-36(24,26)54/h9-10,19-20,23-26,47-48,51-54H,5-8,11-18H2,1-4H3,(H,45,49)(H,46,50)/b29-21-,30-22-/t19-,20-,23+,24+,25+,26+,33?,34?,35-,36-/m1/s1. The van der Waals surface area contributed by atoms with E-state index in [2.05, 4.69) is 10.6 Å². The minimum atomic E-state index is -5.25. The van der Waals surface area contributed by atoms with Gasteiger partial charge in [-0.3, -0.25) is 9.59 Å². The zero-order chi connectivity index (χ0) is 42.5. The summed E-state index contributed by atoms with van der Waals surface area (Å²) in [6, 6.07) is 2.34. The van der Waals surface area contributed by atoms with Crippen molar-refractivity contribution in [3.05, 3.63) is 44.6 Å². The second kappa shape index (κ2) is 16.3. The number of aliphatic hydroxyl groups excluding tert-OH is 2. The van der Waals surface area contributed by atoms with Crippen molar-refractivity contribution in [1.29, 1.82) is 0 Å². The van der Waals surface area contributed by atoms with Crippen molar-refractivity contribution in [3.63, 3.8) is 0 Å². The van der Waals surface area contributed by atoms with Gasteiger partial charge in [-0.15, -0.1) is 11.3 Å². The number of amides is 2. The third-order valence-corrected chi connectivity index (χ3v) is 13.8. The number of nitrogens with one attached hydrogen (secondary N) is 2. The zero-order valence-corrected chi connectivity index (χ0v) is 32.9. The van der Waals surface area contributed by atoms with Gasteiger partial charge in [-0.1, -0.05) is 13.8 Å². The Labute approximate surface area is 329 Å². The second-order valence-electron chi connectivity index (χ2n) is 16.7. The summed E-state index contributed by atoms with van der Waals surface area (Å²) in [4.78, 5) is 26.2. The molecule has 2 saturated heterocycles. The predicted octanol–water partition coefficient (Wildman–Crippen LogP) is 5.78. The highest BCUT2D eigenvalue weighted by atomic mass is 32.1. The summed E-state index contributed by atoms with van der Waals surface area (Å²) in [6.45, 7) is 3.64. The normalized spacial score (nSPS) is 37.4. The van der Waals surface area contributed by atoms with Gasteiger partial charge < -0.3 is 50.7 Å². The summed E-state index contributed by atoms with van der Waals surface area (Å²) in [7, 11) is 0. The van der Waals surface area contributed by atoms with E-state index in [1.165, 1.54) is 26.0 Å². The molecule has 2 aliphatic heterocycles. The van der Waals surface area contributed by atoms with Crippen LogP contribution in [0.3, 0.4) is 0 Å². The van der Waals surface area contributed by atoms with Crippen LogP contribution in [-0.2, 0) is 9.47 Å². The second-order valence-corrected chi connectivity index (χ2v) is 17.8. The van der Waals surface area contributed by atoms with E-state index in [4.69, 9.17) is 9.47 Å². The lowest BCUT2D eigenvalue weighted by molar-refractivity contribution is -0.223. The molecule has 2 aliphatic carbocycles. The first-order chi connectivity index (χ1) is 26.2. The van der Waals surface area contributed by atoms with Gasteiger partial charge in [0.15, 0.2) is 23.1 Å². The summed E-state index contributed by atoms with van der Waals surface area (Å²) < 4.78 is 95.2. The van der Waals surface area contributed by atoms with Crippen molar-refractivity contribution in [2.24, 2.45) is 35.5 Å². The number of thiophene rings is 1. The molecular formula is C38H52F6N2O10S. The summed E-state index contributed by atoms with van der Waals surface area (Å²) in [5.74, 6) is -13.4. The van der Waals surface area contributed by atoms with Gasteiger partial charge in [-0.05, 0) is 88.2 Å². The molecule has 1 aromatic rings. The average molecular weight is 843 g/mol. The summed E-state index contributed by atoms with van der Waals surface area (Å²) >= 11 is 0.572. The molecule has 10 atom stereocenters. The van der Waals surface area contributed by atoms with Crippen LogP contribution in [0.5, 0.6) is 0 Å². The van der Waals surface area contributed by atoms with Gasteiger partial charge in [0.2, 0.25) is 0 Å². The number of fused-ring (bicyclic) bond motifs is 2. The van der Waals surface area contributed by atoms with Gasteiger partial charge in [-0.25, -0.2) is 0 Å². The number of alkyl halides is 6. The minimum Gasteiger partial charge on any atom is -0.504 e. The van der Waals surface area contributed by atoms with E-state index < -0.39 is 120 Å². The average Bonchev–Trinajstić information content (AvgIpc) is 3.51. The van der Waals surface area contributed by atoms with E-state index in [-0.39, 0.29) is 60.1 Å². The van der Waals surface area contributed by atoms with Crippen LogP contribution in [0, 0.1) is 35.5 Å². The summed E-state index contributed by atoms with van der Waals surface area (Å²) in [5.41, 5.74) is -5.26. The number of allylic oxidation sites excluding steroid dienone is 2. The molecule has 2 unspecified atom stereocenters. The zero-order valence-electron chi connectivity index (χ0n) is 32.1. The van der Waals surface area contributed by atoms with Gasteiger partial charge in [0.25, 0.3) is 11.8 Å². The Morgan fingerprint density at radius 2 is 1.04 bits per heavy atom. The lowest BCUT2D eigenvalue weighted by Gasteiger charge is -2.49. The van der Waals surface area contributed by atoms with Crippen LogP contribution in [-0.4, -0.2) is 104 Å². The molecule has 0 bridgehead atoms. The van der Waals surface area contributed by atoms with Crippen LogP contribution in [0.2, 0.25) is 0 Å². The lowest BCUT2D eigenvalue weighted by Crippen LogP contribution is -2.55. The molecule has 0 radical (unpaired) electrons. The van der Waals surface area contributed by atoms with Crippen LogP contribution < -0.4 is 10.6 Å². The topological polar surface area (TPSA) is 198 Å². The number of hydrogen-bond donors (Lipinski definition) is 8. The van der Waals surface area contributed by atoms with Crippen molar-refractivity contribution >= 4 is 23.2 Å². The molecule has 2 saturated carbocycles. The van der Waals surface area contributed by atoms with Crippen molar-refractivity contribution in [3.8, 4) is 0 Å². The highest BCUT2D eigenvalue weighted by Crippen LogP contribution is 2.52.